The zero-order chi connectivity index (χ0) is 26.6. The summed E-state index contributed by atoms with van der Waals surface area (Å²) in [4.78, 5) is 30.6. The third-order valence-electron chi connectivity index (χ3n) is 6.27. The van der Waals surface area contributed by atoms with Gasteiger partial charge in [-0.3, -0.25) is 19.3 Å². The van der Waals surface area contributed by atoms with E-state index in [9.17, 15) is 9.59 Å². The number of rotatable bonds is 8. The van der Waals surface area contributed by atoms with Crippen LogP contribution in [-0.2, 0) is 7.05 Å². The summed E-state index contributed by atoms with van der Waals surface area (Å²) in [7, 11) is 1.76. The van der Waals surface area contributed by atoms with Crippen LogP contribution in [-0.4, -0.2) is 26.9 Å². The number of pyridine rings is 1. The summed E-state index contributed by atoms with van der Waals surface area (Å²) >= 11 is 0. The summed E-state index contributed by atoms with van der Waals surface area (Å²) < 4.78 is 15.0. The molecule has 0 radical (unpaired) electrons. The lowest BCUT2D eigenvalue weighted by molar-refractivity contribution is 0.102. The molecule has 0 spiro atoms. The monoisotopic (exact) mass is 508 g/mol. The number of carbonyl (C=O) groups excluding carboxylic acids is 1. The second-order valence-electron chi connectivity index (χ2n) is 8.85. The highest BCUT2D eigenvalue weighted by molar-refractivity contribution is 6.05. The fourth-order valence-corrected chi connectivity index (χ4v) is 4.26. The number of benzene rings is 3. The Balaban J connectivity index is 1.33. The lowest BCUT2D eigenvalue weighted by Crippen LogP contribution is -2.25. The van der Waals surface area contributed by atoms with E-state index in [-0.39, 0.29) is 11.1 Å². The van der Waals surface area contributed by atoms with Crippen molar-refractivity contribution in [1.29, 1.82) is 0 Å². The number of aromatic nitrogens is 3. The summed E-state index contributed by atoms with van der Waals surface area (Å²) in [5.74, 6) is 1.57. The molecular formula is C30H28N4O4. The third kappa shape index (κ3) is 4.88. The van der Waals surface area contributed by atoms with Gasteiger partial charge in [0.1, 0.15) is 22.8 Å². The number of fused-ring (bicyclic) bond motifs is 1. The molecule has 0 saturated heterocycles. The van der Waals surface area contributed by atoms with E-state index >= 15 is 0 Å². The molecule has 0 aliphatic rings. The number of nitrogens with one attached hydrogen (secondary N) is 1. The molecule has 1 amide bonds. The molecule has 0 bridgehead atoms. The van der Waals surface area contributed by atoms with Gasteiger partial charge < -0.3 is 14.8 Å². The van der Waals surface area contributed by atoms with Crippen molar-refractivity contribution in [1.82, 2.24) is 14.3 Å². The highest BCUT2D eigenvalue weighted by Crippen LogP contribution is 2.31. The van der Waals surface area contributed by atoms with E-state index in [2.05, 4.69) is 17.2 Å². The van der Waals surface area contributed by atoms with Gasteiger partial charge in [0.25, 0.3) is 11.5 Å². The largest absolute Gasteiger partial charge is 0.494 e. The number of hydrogen-bond acceptors (Lipinski definition) is 5. The Morgan fingerprint density at radius 2 is 1.71 bits per heavy atom. The first-order chi connectivity index (χ1) is 18.5. The van der Waals surface area contributed by atoms with Crippen LogP contribution in [0.5, 0.6) is 17.2 Å². The van der Waals surface area contributed by atoms with Gasteiger partial charge in [-0.15, -0.1) is 0 Å². The maximum Gasteiger partial charge on any atom is 0.284 e. The Morgan fingerprint density at radius 3 is 2.45 bits per heavy atom. The fourth-order valence-electron chi connectivity index (χ4n) is 4.26. The van der Waals surface area contributed by atoms with E-state index in [0.717, 1.165) is 23.1 Å². The minimum atomic E-state index is -0.465. The van der Waals surface area contributed by atoms with Gasteiger partial charge in [0.15, 0.2) is 0 Å². The number of amides is 1. The molecule has 192 valence electrons. The predicted molar refractivity (Wildman–Crippen MR) is 148 cm³/mol. The van der Waals surface area contributed by atoms with E-state index in [4.69, 9.17) is 9.47 Å². The van der Waals surface area contributed by atoms with Crippen molar-refractivity contribution >= 4 is 22.5 Å². The fraction of sp³-hybridized carbons (Fsp3) is 0.167. The SMILES string of the molecule is CCCOc1ccc2c(Oc3ccc(NC(=O)c4c(C)n(C)n(-c5ccccc5)c4=O)cc3)ccnc2c1. The molecular weight excluding hydrogens is 480 g/mol. The predicted octanol–water partition coefficient (Wildman–Crippen LogP) is 5.87. The minimum absolute atomic E-state index is 0.0993. The molecule has 8 nitrogen and oxygen atoms in total. The number of hydrogen-bond donors (Lipinski definition) is 1. The van der Waals surface area contributed by atoms with Crippen molar-refractivity contribution < 1.29 is 14.3 Å². The number of para-hydroxylation sites is 1. The molecule has 5 aromatic rings. The minimum Gasteiger partial charge on any atom is -0.494 e. The number of nitrogens with zero attached hydrogens (tertiary/aromatic N) is 3. The van der Waals surface area contributed by atoms with E-state index in [0.29, 0.717) is 35.2 Å². The van der Waals surface area contributed by atoms with Crippen molar-refractivity contribution in [3.8, 4) is 22.9 Å². The Kier molecular flexibility index (Phi) is 6.95. The number of ether oxygens (including phenoxy) is 2. The van der Waals surface area contributed by atoms with Gasteiger partial charge in [0, 0.05) is 30.4 Å². The molecule has 0 aliphatic carbocycles. The van der Waals surface area contributed by atoms with Gasteiger partial charge in [-0.2, -0.15) is 0 Å². The number of carbonyl (C=O) groups is 1. The Bertz CT molecular complexity index is 1650. The normalized spacial score (nSPS) is 10.9. The first kappa shape index (κ1) is 24.8. The van der Waals surface area contributed by atoms with Gasteiger partial charge >= 0.3 is 0 Å². The molecule has 0 atom stereocenters. The lowest BCUT2D eigenvalue weighted by Gasteiger charge is -2.11. The van der Waals surface area contributed by atoms with Crippen molar-refractivity contribution in [2.24, 2.45) is 7.05 Å². The van der Waals surface area contributed by atoms with Crippen LogP contribution < -0.4 is 20.3 Å². The Morgan fingerprint density at radius 1 is 0.974 bits per heavy atom. The molecule has 0 unspecified atom stereocenters. The molecule has 0 aliphatic heterocycles. The van der Waals surface area contributed by atoms with Crippen LogP contribution in [0.2, 0.25) is 0 Å². The highest BCUT2D eigenvalue weighted by atomic mass is 16.5. The van der Waals surface area contributed by atoms with E-state index in [1.165, 1.54) is 4.68 Å². The van der Waals surface area contributed by atoms with Crippen LogP contribution in [0.1, 0.15) is 29.4 Å². The van der Waals surface area contributed by atoms with Crippen LogP contribution in [0.25, 0.3) is 16.6 Å². The van der Waals surface area contributed by atoms with Crippen LogP contribution in [0.4, 0.5) is 5.69 Å². The second-order valence-corrected chi connectivity index (χ2v) is 8.85. The standard InChI is InChI=1S/C30H28N4O4/c1-4-18-37-24-14-15-25-26(19-24)31-17-16-27(25)38-23-12-10-21(11-13-23)32-29(35)28-20(2)33(3)34(30(28)36)22-8-6-5-7-9-22/h5-17,19H,4,18H2,1-3H3,(H,32,35). The van der Waals surface area contributed by atoms with Gasteiger partial charge in [0.2, 0.25) is 0 Å². The molecule has 8 heteroatoms. The Labute approximate surface area is 220 Å². The Hall–Kier alpha value is -4.85. The quantitative estimate of drug-likeness (QED) is 0.283. The zero-order valence-electron chi connectivity index (χ0n) is 21.5. The molecule has 3 aromatic carbocycles. The first-order valence-corrected chi connectivity index (χ1v) is 12.4. The molecule has 0 fully saturated rings. The summed E-state index contributed by atoms with van der Waals surface area (Å²) in [6, 6.07) is 23.8. The van der Waals surface area contributed by atoms with E-state index in [1.54, 1.807) is 55.2 Å². The van der Waals surface area contributed by atoms with E-state index < -0.39 is 5.91 Å². The topological polar surface area (TPSA) is 87.4 Å². The third-order valence-corrected chi connectivity index (χ3v) is 6.27. The summed E-state index contributed by atoms with van der Waals surface area (Å²) in [5, 5.41) is 3.69. The van der Waals surface area contributed by atoms with Crippen molar-refractivity contribution in [2.45, 2.75) is 20.3 Å². The summed E-state index contributed by atoms with van der Waals surface area (Å²) in [6.07, 6.45) is 2.63. The van der Waals surface area contributed by atoms with Crippen molar-refractivity contribution in [2.75, 3.05) is 11.9 Å². The number of anilines is 1. The van der Waals surface area contributed by atoms with Gasteiger partial charge in [-0.1, -0.05) is 25.1 Å². The zero-order valence-corrected chi connectivity index (χ0v) is 21.5. The average molecular weight is 509 g/mol. The highest BCUT2D eigenvalue weighted by Gasteiger charge is 2.22. The maximum atomic E-state index is 13.1. The van der Waals surface area contributed by atoms with E-state index in [1.807, 2.05) is 48.5 Å². The summed E-state index contributed by atoms with van der Waals surface area (Å²) in [6.45, 7) is 4.47. The smallest absolute Gasteiger partial charge is 0.284 e. The molecule has 38 heavy (non-hydrogen) atoms. The second kappa shape index (κ2) is 10.6. The van der Waals surface area contributed by atoms with Gasteiger partial charge in [-0.25, -0.2) is 4.68 Å². The molecule has 2 heterocycles. The van der Waals surface area contributed by atoms with Crippen molar-refractivity contribution in [3.05, 3.63) is 107 Å². The van der Waals surface area contributed by atoms with Crippen LogP contribution >= 0.6 is 0 Å². The van der Waals surface area contributed by atoms with Gasteiger partial charge in [-0.05, 0) is 67.9 Å². The molecule has 2 aromatic heterocycles. The average Bonchev–Trinajstić information content (AvgIpc) is 3.16. The molecule has 1 N–H and O–H groups in total. The first-order valence-electron chi connectivity index (χ1n) is 12.4. The van der Waals surface area contributed by atoms with Crippen LogP contribution in [0.3, 0.4) is 0 Å². The van der Waals surface area contributed by atoms with Crippen molar-refractivity contribution in [3.63, 3.8) is 0 Å². The lowest BCUT2D eigenvalue weighted by atomic mass is 10.2. The molecule has 0 saturated carbocycles. The maximum absolute atomic E-state index is 13.1. The van der Waals surface area contributed by atoms with Gasteiger partial charge in [0.05, 0.1) is 23.5 Å². The van der Waals surface area contributed by atoms with Crippen LogP contribution in [0, 0.1) is 6.92 Å². The molecule has 5 rings (SSSR count). The summed E-state index contributed by atoms with van der Waals surface area (Å²) in [5.41, 5.74) is 2.32. The van der Waals surface area contributed by atoms with Crippen LogP contribution in [0.15, 0.2) is 89.9 Å².